The van der Waals surface area contributed by atoms with E-state index in [4.69, 9.17) is 4.98 Å². The number of ketones is 1. The van der Waals surface area contributed by atoms with E-state index < -0.39 is 0 Å². The summed E-state index contributed by atoms with van der Waals surface area (Å²) in [6.45, 7) is 2.21. The Bertz CT molecular complexity index is 1640. The molecule has 3 aliphatic rings. The summed E-state index contributed by atoms with van der Waals surface area (Å²) in [5, 5.41) is 7.79. The number of likely N-dealkylation sites (N-methyl/N-ethyl adjacent to an activating group) is 1. The number of benzene rings is 2. The van der Waals surface area contributed by atoms with Gasteiger partial charge in [0.25, 0.3) is 5.56 Å². The molecule has 2 aliphatic carbocycles. The van der Waals surface area contributed by atoms with Gasteiger partial charge in [-0.2, -0.15) is 4.98 Å². The monoisotopic (exact) mass is 534 g/mol. The third-order valence-electron chi connectivity index (χ3n) is 8.51. The zero-order valence-electron chi connectivity index (χ0n) is 22.8. The Morgan fingerprint density at radius 2 is 1.75 bits per heavy atom. The Morgan fingerprint density at radius 3 is 2.55 bits per heavy atom. The van der Waals surface area contributed by atoms with Crippen LogP contribution in [0.2, 0.25) is 0 Å². The van der Waals surface area contributed by atoms with Crippen LogP contribution in [-0.4, -0.2) is 51.4 Å². The number of pyridine rings is 1. The van der Waals surface area contributed by atoms with Crippen molar-refractivity contribution in [3.05, 3.63) is 87.8 Å². The number of Topliss-reactive ketones (excluding diaryl/α,β-unsaturated/α-hetero) is 1. The molecule has 2 aromatic carbocycles. The number of anilines is 3. The van der Waals surface area contributed by atoms with Gasteiger partial charge >= 0.3 is 0 Å². The molecule has 8 nitrogen and oxygen atoms in total. The third kappa shape index (κ3) is 4.88. The molecule has 0 bridgehead atoms. The van der Waals surface area contributed by atoms with Crippen molar-refractivity contribution in [2.24, 2.45) is 0 Å². The Morgan fingerprint density at radius 1 is 0.950 bits per heavy atom. The van der Waals surface area contributed by atoms with Gasteiger partial charge in [-0.15, -0.1) is 0 Å². The van der Waals surface area contributed by atoms with E-state index in [-0.39, 0.29) is 29.7 Å². The number of hydrogen-bond donors (Lipinski definition) is 2. The largest absolute Gasteiger partial charge is 0.381 e. The lowest BCUT2D eigenvalue weighted by atomic mass is 9.87. The maximum absolute atomic E-state index is 13.8. The van der Waals surface area contributed by atoms with E-state index in [9.17, 15) is 9.59 Å². The second-order valence-corrected chi connectivity index (χ2v) is 11.6. The van der Waals surface area contributed by atoms with E-state index >= 15 is 0 Å². The van der Waals surface area contributed by atoms with Gasteiger partial charge in [0.2, 0.25) is 5.95 Å². The van der Waals surface area contributed by atoms with Gasteiger partial charge in [0.1, 0.15) is 5.65 Å². The van der Waals surface area contributed by atoms with E-state index in [0.717, 1.165) is 59.4 Å². The summed E-state index contributed by atoms with van der Waals surface area (Å²) in [7, 11) is 2.17. The fraction of sp³-hybridized carbons (Fsp3) is 0.375. The molecule has 0 radical (unpaired) electrons. The minimum absolute atomic E-state index is 0.0272. The first-order chi connectivity index (χ1) is 19.5. The number of piperidine rings is 1. The first-order valence-corrected chi connectivity index (χ1v) is 14.4. The van der Waals surface area contributed by atoms with Crippen LogP contribution in [0, 0.1) is 0 Å². The van der Waals surface area contributed by atoms with Crippen molar-refractivity contribution in [3.8, 4) is 0 Å². The predicted octanol–water partition coefficient (Wildman–Crippen LogP) is 5.29. The fourth-order valence-corrected chi connectivity index (χ4v) is 6.33. The molecular weight excluding hydrogens is 500 g/mol. The molecule has 40 heavy (non-hydrogen) atoms. The Hall–Kier alpha value is -4.04. The van der Waals surface area contributed by atoms with Gasteiger partial charge in [0.15, 0.2) is 5.78 Å². The number of hydrogen-bond acceptors (Lipinski definition) is 7. The number of likely N-dealkylation sites (tertiary alicyclic amines) is 1. The standard InChI is InChI=1S/C32H34N6O2/c1-37-14-4-6-25(19-37)34-23-10-12-24(13-11-23)35-32-33-18-22-16-28(20-8-9-20)31(40)38(30(22)36-32)26-15-21-5-2-3-7-27(21)29(39)17-26/h2-3,5,7,10-13,16,18,20,25-26,34H,4,6,8-9,14-15,17,19H2,1H3,(H,33,35,36). The normalized spacial score (nSPS) is 21.3. The van der Waals surface area contributed by atoms with Gasteiger partial charge in [-0.05, 0) is 87.5 Å². The fourth-order valence-electron chi connectivity index (χ4n) is 6.33. The Labute approximate surface area is 233 Å². The molecule has 2 aromatic heterocycles. The maximum Gasteiger partial charge on any atom is 0.255 e. The first-order valence-electron chi connectivity index (χ1n) is 14.4. The molecule has 0 spiro atoms. The zero-order chi connectivity index (χ0) is 27.2. The number of aromatic nitrogens is 3. The molecule has 204 valence electrons. The Kier molecular flexibility index (Phi) is 6.35. The number of carbonyl (C=O) groups excluding carboxylic acids is 1. The molecule has 1 aliphatic heterocycles. The second-order valence-electron chi connectivity index (χ2n) is 11.6. The molecule has 7 rings (SSSR count). The summed E-state index contributed by atoms with van der Waals surface area (Å²) in [4.78, 5) is 38.7. The lowest BCUT2D eigenvalue weighted by Gasteiger charge is -2.30. The van der Waals surface area contributed by atoms with Crippen molar-refractivity contribution in [1.82, 2.24) is 19.4 Å². The van der Waals surface area contributed by atoms with Gasteiger partial charge in [0.05, 0.1) is 6.04 Å². The van der Waals surface area contributed by atoms with E-state index in [0.29, 0.717) is 24.1 Å². The number of nitrogens with zero attached hydrogens (tertiary/aromatic N) is 4. The highest BCUT2D eigenvalue weighted by molar-refractivity contribution is 5.99. The summed E-state index contributed by atoms with van der Waals surface area (Å²) >= 11 is 0. The second kappa shape index (κ2) is 10.2. The molecule has 2 N–H and O–H groups in total. The molecule has 2 unspecified atom stereocenters. The highest BCUT2D eigenvalue weighted by Gasteiger charge is 2.32. The summed E-state index contributed by atoms with van der Waals surface area (Å²) in [6, 6.07) is 18.0. The van der Waals surface area contributed by atoms with Gasteiger partial charge in [-0.3, -0.25) is 14.2 Å². The van der Waals surface area contributed by atoms with Crippen LogP contribution < -0.4 is 16.2 Å². The van der Waals surface area contributed by atoms with Crippen LogP contribution in [0.15, 0.2) is 65.6 Å². The van der Waals surface area contributed by atoms with E-state index in [1.165, 1.54) is 12.8 Å². The van der Waals surface area contributed by atoms with Crippen LogP contribution in [-0.2, 0) is 6.42 Å². The predicted molar refractivity (Wildman–Crippen MR) is 158 cm³/mol. The van der Waals surface area contributed by atoms with Gasteiger partial charge in [-0.25, -0.2) is 4.98 Å². The topological polar surface area (TPSA) is 92.1 Å². The molecule has 1 saturated carbocycles. The third-order valence-corrected chi connectivity index (χ3v) is 8.51. The van der Waals surface area contributed by atoms with Crippen LogP contribution in [0.5, 0.6) is 0 Å². The van der Waals surface area contributed by atoms with Crippen molar-refractivity contribution >= 4 is 34.1 Å². The molecule has 2 atom stereocenters. The van der Waals surface area contributed by atoms with Gasteiger partial charge in [0, 0.05) is 53.1 Å². The van der Waals surface area contributed by atoms with Gasteiger partial charge in [-0.1, -0.05) is 24.3 Å². The minimum Gasteiger partial charge on any atom is -0.381 e. The van der Waals surface area contributed by atoms with Crippen molar-refractivity contribution in [3.63, 3.8) is 0 Å². The van der Waals surface area contributed by atoms with Crippen molar-refractivity contribution < 1.29 is 4.79 Å². The lowest BCUT2D eigenvalue weighted by molar-refractivity contribution is 0.0951. The molecule has 4 aromatic rings. The van der Waals surface area contributed by atoms with Gasteiger partial charge < -0.3 is 15.5 Å². The molecule has 3 heterocycles. The highest BCUT2D eigenvalue weighted by Crippen LogP contribution is 2.40. The summed E-state index contributed by atoms with van der Waals surface area (Å²) in [5.41, 5.74) is 5.08. The Balaban J connectivity index is 1.19. The summed E-state index contributed by atoms with van der Waals surface area (Å²) < 4.78 is 1.78. The smallest absolute Gasteiger partial charge is 0.255 e. The lowest BCUT2D eigenvalue weighted by Crippen LogP contribution is -2.39. The average Bonchev–Trinajstić information content (AvgIpc) is 3.79. The van der Waals surface area contributed by atoms with Crippen molar-refractivity contribution in [2.75, 3.05) is 30.8 Å². The van der Waals surface area contributed by atoms with Crippen LogP contribution in [0.4, 0.5) is 17.3 Å². The molecule has 1 saturated heterocycles. The van der Waals surface area contributed by atoms with E-state index in [1.54, 1.807) is 10.8 Å². The van der Waals surface area contributed by atoms with Crippen LogP contribution >= 0.6 is 0 Å². The van der Waals surface area contributed by atoms with E-state index in [2.05, 4.69) is 39.7 Å². The summed E-state index contributed by atoms with van der Waals surface area (Å²) in [5.74, 6) is 0.787. The average molecular weight is 535 g/mol. The minimum atomic E-state index is -0.275. The maximum atomic E-state index is 13.8. The SMILES string of the molecule is CN1CCCC(Nc2ccc(Nc3ncc4cc(C5CC5)c(=O)n(C5CC(=O)c6ccccc6C5)c4n3)cc2)C1. The summed E-state index contributed by atoms with van der Waals surface area (Å²) in [6.07, 6.45) is 7.15. The van der Waals surface area contributed by atoms with E-state index in [1.807, 2.05) is 42.5 Å². The first kappa shape index (κ1) is 25.0. The van der Waals surface area contributed by atoms with Crippen molar-refractivity contribution in [1.29, 1.82) is 0 Å². The molecule has 0 amide bonds. The quantitative estimate of drug-likeness (QED) is 0.347. The van der Waals surface area contributed by atoms with Crippen molar-refractivity contribution in [2.45, 2.75) is 56.5 Å². The zero-order valence-corrected chi connectivity index (χ0v) is 22.8. The highest BCUT2D eigenvalue weighted by atomic mass is 16.1. The molecular formula is C32H34N6O2. The number of rotatable bonds is 6. The number of fused-ring (bicyclic) bond motifs is 2. The van der Waals surface area contributed by atoms with Crippen LogP contribution in [0.1, 0.15) is 65.5 Å². The number of nitrogens with one attached hydrogen (secondary N) is 2. The molecule has 8 heteroatoms. The van der Waals surface area contributed by atoms with Crippen LogP contribution in [0.3, 0.4) is 0 Å². The molecule has 2 fully saturated rings. The van der Waals surface area contributed by atoms with Crippen LogP contribution in [0.25, 0.3) is 11.0 Å². The number of carbonyl (C=O) groups is 1.